The molecule has 0 rings (SSSR count). The molecule has 0 aliphatic carbocycles. The topological polar surface area (TPSA) is 57.1 Å². The number of rotatable bonds is 8. The Morgan fingerprint density at radius 2 is 2.13 bits per heavy atom. The van der Waals surface area contributed by atoms with Gasteiger partial charge in [-0.25, -0.2) is 4.79 Å². The lowest BCUT2D eigenvalue weighted by molar-refractivity contribution is -0.135. The van der Waals surface area contributed by atoms with Crippen LogP contribution in [-0.4, -0.2) is 50.6 Å². The maximum atomic E-state index is 11.3. The van der Waals surface area contributed by atoms with Crippen molar-refractivity contribution in [1.29, 1.82) is 0 Å². The first kappa shape index (κ1) is 14.2. The van der Waals surface area contributed by atoms with Gasteiger partial charge < -0.3 is 14.3 Å². The number of carbonyl (C=O) groups excluding carboxylic acids is 1. The molecule has 6 heteroatoms. The predicted octanol–water partition coefficient (Wildman–Crippen LogP) is 0.931. The fraction of sp³-hybridized carbons (Fsp3) is 0.778. The fourth-order valence-electron chi connectivity index (χ4n) is 0.718. The van der Waals surface area contributed by atoms with E-state index >= 15 is 0 Å². The zero-order valence-electron chi connectivity index (χ0n) is 9.32. The van der Waals surface area contributed by atoms with Gasteiger partial charge in [-0.15, -0.1) is 0 Å². The van der Waals surface area contributed by atoms with Crippen LogP contribution in [0.1, 0.15) is 6.92 Å². The van der Waals surface area contributed by atoms with E-state index in [1.165, 1.54) is 11.8 Å². The van der Waals surface area contributed by atoms with Crippen LogP contribution in [0.5, 0.6) is 0 Å². The molecule has 0 aromatic carbocycles. The zero-order chi connectivity index (χ0) is 11.5. The number of esters is 1. The van der Waals surface area contributed by atoms with E-state index in [2.05, 4.69) is 5.16 Å². The van der Waals surface area contributed by atoms with Crippen LogP contribution in [-0.2, 0) is 19.1 Å². The molecule has 0 saturated heterocycles. The van der Waals surface area contributed by atoms with Crippen molar-refractivity contribution in [2.75, 3.05) is 38.9 Å². The number of methoxy groups -OCH3 is 1. The Balaban J connectivity index is 4.05. The molecule has 0 unspecified atom stereocenters. The van der Waals surface area contributed by atoms with Crippen LogP contribution in [0.4, 0.5) is 0 Å². The van der Waals surface area contributed by atoms with Crippen molar-refractivity contribution >= 4 is 23.4 Å². The predicted molar refractivity (Wildman–Crippen MR) is 60.3 cm³/mol. The van der Waals surface area contributed by atoms with Crippen LogP contribution in [0.3, 0.4) is 0 Å². The van der Waals surface area contributed by atoms with Gasteiger partial charge in [-0.3, -0.25) is 0 Å². The molecule has 88 valence electrons. The highest BCUT2D eigenvalue weighted by molar-refractivity contribution is 7.99. The molecule has 0 aliphatic rings. The molecule has 0 heterocycles. The van der Waals surface area contributed by atoms with Crippen molar-refractivity contribution < 1.29 is 19.1 Å². The van der Waals surface area contributed by atoms with Crippen molar-refractivity contribution in [1.82, 2.24) is 0 Å². The summed E-state index contributed by atoms with van der Waals surface area (Å²) in [5.41, 5.74) is 0.292. The van der Waals surface area contributed by atoms with Gasteiger partial charge in [0.1, 0.15) is 6.61 Å². The summed E-state index contributed by atoms with van der Waals surface area (Å²) >= 11 is 1.48. The highest BCUT2D eigenvalue weighted by atomic mass is 32.2. The summed E-state index contributed by atoms with van der Waals surface area (Å²) in [4.78, 5) is 16.2. The van der Waals surface area contributed by atoms with Crippen molar-refractivity contribution in [3.63, 3.8) is 0 Å². The first-order valence-corrected chi connectivity index (χ1v) is 5.99. The summed E-state index contributed by atoms with van der Waals surface area (Å²) < 4.78 is 9.60. The van der Waals surface area contributed by atoms with Crippen LogP contribution in [0.15, 0.2) is 5.16 Å². The van der Waals surface area contributed by atoms with Gasteiger partial charge in [-0.2, -0.15) is 11.8 Å². The fourth-order valence-corrected chi connectivity index (χ4v) is 1.16. The summed E-state index contributed by atoms with van der Waals surface area (Å²) in [6.07, 6.45) is 1.88. The number of thioether (sulfide) groups is 1. The Hall–Kier alpha value is -0.750. The second-order valence-electron chi connectivity index (χ2n) is 2.52. The zero-order valence-corrected chi connectivity index (χ0v) is 10.1. The van der Waals surface area contributed by atoms with Crippen LogP contribution in [0.25, 0.3) is 0 Å². The Bertz CT molecular complexity index is 208. The van der Waals surface area contributed by atoms with Gasteiger partial charge in [0.2, 0.25) is 0 Å². The van der Waals surface area contributed by atoms with Crippen LogP contribution >= 0.6 is 11.8 Å². The third kappa shape index (κ3) is 7.21. The third-order valence-corrected chi connectivity index (χ3v) is 1.91. The van der Waals surface area contributed by atoms with Crippen LogP contribution < -0.4 is 0 Å². The van der Waals surface area contributed by atoms with Crippen LogP contribution in [0, 0.1) is 0 Å². The largest absolute Gasteiger partial charge is 0.461 e. The van der Waals surface area contributed by atoms with Crippen molar-refractivity contribution in [2.24, 2.45) is 5.16 Å². The molecule has 0 atom stereocenters. The molecule has 0 saturated carbocycles. The lowest BCUT2D eigenvalue weighted by Crippen LogP contribution is -2.20. The number of oxime groups is 1. The highest BCUT2D eigenvalue weighted by Crippen LogP contribution is 1.97. The van der Waals surface area contributed by atoms with E-state index in [0.717, 1.165) is 0 Å². The number of hydrogen-bond donors (Lipinski definition) is 0. The SMILES string of the molecule is CCOC(=O)C(CSC)=NOCCOC. The Morgan fingerprint density at radius 1 is 1.40 bits per heavy atom. The minimum absolute atomic E-state index is 0.292. The lowest BCUT2D eigenvalue weighted by atomic mass is 10.4. The van der Waals surface area contributed by atoms with Crippen molar-refractivity contribution in [2.45, 2.75) is 6.92 Å². The van der Waals surface area contributed by atoms with E-state index < -0.39 is 5.97 Å². The second-order valence-corrected chi connectivity index (χ2v) is 3.38. The van der Waals surface area contributed by atoms with E-state index in [1.807, 2.05) is 6.26 Å². The van der Waals surface area contributed by atoms with Gasteiger partial charge in [0, 0.05) is 12.9 Å². The molecule has 0 aromatic rings. The van der Waals surface area contributed by atoms with E-state index in [9.17, 15) is 4.79 Å². The minimum atomic E-state index is -0.427. The molecule has 0 N–H and O–H groups in total. The maximum Gasteiger partial charge on any atom is 0.356 e. The van der Waals surface area contributed by atoms with Gasteiger partial charge in [-0.1, -0.05) is 5.16 Å². The normalized spacial score (nSPS) is 11.3. The molecule has 15 heavy (non-hydrogen) atoms. The molecular weight excluding hydrogens is 218 g/mol. The van der Waals surface area contributed by atoms with Gasteiger partial charge in [0.15, 0.2) is 5.71 Å². The number of nitrogens with zero attached hydrogens (tertiary/aromatic N) is 1. The Kier molecular flexibility index (Phi) is 9.30. The summed E-state index contributed by atoms with van der Waals surface area (Å²) in [6, 6.07) is 0. The quantitative estimate of drug-likeness (QED) is 0.271. The smallest absolute Gasteiger partial charge is 0.356 e. The van der Waals surface area contributed by atoms with Gasteiger partial charge >= 0.3 is 5.97 Å². The van der Waals surface area contributed by atoms with Gasteiger partial charge in [0.05, 0.1) is 13.2 Å². The van der Waals surface area contributed by atoms with E-state index in [-0.39, 0.29) is 0 Å². The number of carbonyl (C=O) groups is 1. The molecule has 0 aromatic heterocycles. The van der Waals surface area contributed by atoms with Gasteiger partial charge in [-0.05, 0) is 13.2 Å². The Labute approximate surface area is 94.1 Å². The molecule has 0 aliphatic heterocycles. The summed E-state index contributed by atoms with van der Waals surface area (Å²) in [5, 5.41) is 3.71. The first-order valence-electron chi connectivity index (χ1n) is 4.60. The molecule has 0 radical (unpaired) electrons. The average Bonchev–Trinajstić information content (AvgIpc) is 2.23. The van der Waals surface area contributed by atoms with E-state index in [0.29, 0.717) is 31.3 Å². The minimum Gasteiger partial charge on any atom is -0.461 e. The summed E-state index contributed by atoms with van der Waals surface area (Å²) in [7, 11) is 1.57. The molecule has 0 fully saturated rings. The van der Waals surface area contributed by atoms with E-state index in [4.69, 9.17) is 14.3 Å². The number of hydrogen-bond acceptors (Lipinski definition) is 6. The Morgan fingerprint density at radius 3 is 2.67 bits per heavy atom. The lowest BCUT2D eigenvalue weighted by Gasteiger charge is -2.04. The standard InChI is InChI=1S/C9H17NO4S/c1-4-13-9(11)8(7-15-3)10-14-6-5-12-2/h4-7H2,1-3H3. The maximum absolute atomic E-state index is 11.3. The summed E-state index contributed by atoms with van der Waals surface area (Å²) in [5.74, 6) is 0.0514. The van der Waals surface area contributed by atoms with Crippen LogP contribution in [0.2, 0.25) is 0 Å². The van der Waals surface area contributed by atoms with Crippen molar-refractivity contribution in [3.05, 3.63) is 0 Å². The third-order valence-electron chi connectivity index (χ3n) is 1.35. The molecule has 0 spiro atoms. The number of ether oxygens (including phenoxy) is 2. The molecule has 0 bridgehead atoms. The molecule has 0 amide bonds. The van der Waals surface area contributed by atoms with Gasteiger partial charge in [0.25, 0.3) is 0 Å². The van der Waals surface area contributed by atoms with Crippen molar-refractivity contribution in [3.8, 4) is 0 Å². The monoisotopic (exact) mass is 235 g/mol. The highest BCUT2D eigenvalue weighted by Gasteiger charge is 2.12. The first-order chi connectivity index (χ1) is 7.26. The summed E-state index contributed by atoms with van der Waals surface area (Å²) in [6.45, 7) is 2.86. The van der Waals surface area contributed by atoms with E-state index in [1.54, 1.807) is 14.0 Å². The molecule has 5 nitrogen and oxygen atoms in total. The second kappa shape index (κ2) is 9.79. The average molecular weight is 235 g/mol. The molecular formula is C9H17NO4S.